The van der Waals surface area contributed by atoms with Gasteiger partial charge >= 0.3 is 0 Å². The quantitative estimate of drug-likeness (QED) is 0.498. The van der Waals surface area contributed by atoms with Gasteiger partial charge in [0.2, 0.25) is 0 Å². The molecule has 0 fully saturated rings. The van der Waals surface area contributed by atoms with Crippen LogP contribution in [-0.4, -0.2) is 0 Å². The fourth-order valence-electron chi connectivity index (χ4n) is 0.284. The van der Waals surface area contributed by atoms with E-state index in [4.69, 9.17) is 0 Å². The molecule has 2 heteroatoms. The Morgan fingerprint density at radius 3 is 2.86 bits per heavy atom. The van der Waals surface area contributed by atoms with Crippen LogP contribution in [0.25, 0.3) is 0 Å². The van der Waals surface area contributed by atoms with E-state index in [-0.39, 0.29) is 0 Å². The Hall–Kier alpha value is -0.660. The van der Waals surface area contributed by atoms with Gasteiger partial charge in [-0.2, -0.15) is 0 Å². The predicted molar refractivity (Wildman–Crippen MR) is 29.8 cm³/mol. The van der Waals surface area contributed by atoms with Gasteiger partial charge < -0.3 is 0 Å². The molecule has 0 aromatic carbocycles. The molecule has 0 aliphatic rings. The van der Waals surface area contributed by atoms with E-state index < -0.39 is 0 Å². The molecule has 40 valence electrons. The fourth-order valence-corrected chi connectivity index (χ4v) is 0.284. The summed E-state index contributed by atoms with van der Waals surface area (Å²) in [6, 6.07) is 0. The second-order valence-electron chi connectivity index (χ2n) is 1.28. The van der Waals surface area contributed by atoms with E-state index in [0.717, 1.165) is 12.8 Å². The zero-order chi connectivity index (χ0) is 5.54. The molecule has 0 bridgehead atoms. The Morgan fingerprint density at radius 1 is 1.71 bits per heavy atom. The van der Waals surface area contributed by atoms with Crippen molar-refractivity contribution in [2.45, 2.75) is 19.8 Å². The molecule has 0 spiro atoms. The number of hydrogen-bond acceptors (Lipinski definition) is 2. The van der Waals surface area contributed by atoms with Gasteiger partial charge in [-0.05, 0) is 11.6 Å². The van der Waals surface area contributed by atoms with Crippen molar-refractivity contribution in [3.63, 3.8) is 0 Å². The number of nitrogens with zero attached hydrogens (tertiary/aromatic N) is 1. The Balaban J connectivity index is 2.92. The van der Waals surface area contributed by atoms with Gasteiger partial charge in [0, 0.05) is 0 Å². The molecule has 0 aliphatic carbocycles. The zero-order valence-corrected chi connectivity index (χ0v) is 4.42. The van der Waals surface area contributed by atoms with Crippen LogP contribution in [0.5, 0.6) is 0 Å². The van der Waals surface area contributed by atoms with Crippen LogP contribution in [0.1, 0.15) is 19.8 Å². The topological polar surface area (TPSA) is 29.4 Å². The highest BCUT2D eigenvalue weighted by Crippen LogP contribution is 1.86. The van der Waals surface area contributed by atoms with Crippen LogP contribution in [-0.2, 0) is 0 Å². The maximum atomic E-state index is 9.34. The number of hydrogen-bond donors (Lipinski definition) is 0. The molecule has 2 nitrogen and oxygen atoms in total. The summed E-state index contributed by atoms with van der Waals surface area (Å²) < 4.78 is 0. The molecule has 0 unspecified atom stereocenters. The minimum atomic E-state index is 0.950. The van der Waals surface area contributed by atoms with Gasteiger partial charge in [-0.1, -0.05) is 19.4 Å². The third kappa shape index (κ3) is 5.34. The van der Waals surface area contributed by atoms with Crippen LogP contribution in [0.15, 0.2) is 17.5 Å². The van der Waals surface area contributed by atoms with Crippen LogP contribution in [0.2, 0.25) is 0 Å². The SMILES string of the molecule is CCC/C=C\N=O. The lowest BCUT2D eigenvalue weighted by Gasteiger charge is -1.75. The van der Waals surface area contributed by atoms with Gasteiger partial charge in [-0.15, -0.1) is 4.91 Å². The zero-order valence-electron chi connectivity index (χ0n) is 4.42. The molecule has 0 rings (SSSR count). The molecule has 0 N–H and O–H groups in total. The summed E-state index contributed by atoms with van der Waals surface area (Å²) in [6.45, 7) is 2.05. The van der Waals surface area contributed by atoms with Crippen molar-refractivity contribution < 1.29 is 0 Å². The molecule has 0 aromatic rings. The first-order chi connectivity index (χ1) is 3.41. The van der Waals surface area contributed by atoms with Crippen molar-refractivity contribution in [2.75, 3.05) is 0 Å². The highest BCUT2D eigenvalue weighted by Gasteiger charge is 1.68. The molecular weight excluding hydrogens is 90.1 g/mol. The molecule has 0 saturated heterocycles. The van der Waals surface area contributed by atoms with Crippen LogP contribution in [0, 0.1) is 4.91 Å². The second-order valence-corrected chi connectivity index (χ2v) is 1.28. The number of unbranched alkanes of at least 4 members (excludes halogenated alkanes) is 1. The largest absolute Gasteiger partial charge is 0.145 e. The molecule has 0 heterocycles. The van der Waals surface area contributed by atoms with Gasteiger partial charge in [0.05, 0.1) is 6.20 Å². The molecular formula is C5H9NO. The van der Waals surface area contributed by atoms with Crippen molar-refractivity contribution in [3.05, 3.63) is 17.2 Å². The third-order valence-electron chi connectivity index (χ3n) is 0.622. The molecule has 0 atom stereocenters. The molecule has 0 radical (unpaired) electrons. The van der Waals surface area contributed by atoms with Crippen LogP contribution < -0.4 is 0 Å². The third-order valence-corrected chi connectivity index (χ3v) is 0.622. The van der Waals surface area contributed by atoms with Gasteiger partial charge in [0.15, 0.2) is 0 Å². The van der Waals surface area contributed by atoms with E-state index >= 15 is 0 Å². The van der Waals surface area contributed by atoms with E-state index in [1.165, 1.54) is 6.20 Å². The van der Waals surface area contributed by atoms with Crippen LogP contribution in [0.4, 0.5) is 0 Å². The van der Waals surface area contributed by atoms with Gasteiger partial charge in [0.1, 0.15) is 0 Å². The normalized spacial score (nSPS) is 9.86. The Morgan fingerprint density at radius 2 is 2.43 bits per heavy atom. The summed E-state index contributed by atoms with van der Waals surface area (Å²) >= 11 is 0. The first-order valence-corrected chi connectivity index (χ1v) is 2.39. The number of allylic oxidation sites excluding steroid dienone is 1. The number of rotatable bonds is 3. The Labute approximate surface area is 43.2 Å². The summed E-state index contributed by atoms with van der Waals surface area (Å²) in [6.07, 6.45) is 5.06. The van der Waals surface area contributed by atoms with Crippen molar-refractivity contribution in [1.29, 1.82) is 0 Å². The van der Waals surface area contributed by atoms with E-state index in [0.29, 0.717) is 0 Å². The molecule has 0 saturated carbocycles. The average Bonchev–Trinajstić information content (AvgIpc) is 1.69. The summed E-state index contributed by atoms with van der Waals surface area (Å²) in [5.74, 6) is 0. The number of nitroso groups, excluding NO2 is 1. The summed E-state index contributed by atoms with van der Waals surface area (Å²) in [5, 5.41) is 2.54. The predicted octanol–water partition coefficient (Wildman–Crippen LogP) is 2.07. The standard InChI is InChI=1S/C5H9NO/c1-2-3-4-5-6-7/h4-5H,2-3H2,1H3/b5-4-. The van der Waals surface area contributed by atoms with Crippen LogP contribution in [0.3, 0.4) is 0 Å². The maximum absolute atomic E-state index is 9.34. The van der Waals surface area contributed by atoms with Crippen molar-refractivity contribution in [2.24, 2.45) is 5.18 Å². The lowest BCUT2D eigenvalue weighted by molar-refractivity contribution is 0.956. The first kappa shape index (κ1) is 6.34. The van der Waals surface area contributed by atoms with Gasteiger partial charge in [-0.3, -0.25) is 0 Å². The molecule has 0 aromatic heterocycles. The summed E-state index contributed by atoms with van der Waals surface area (Å²) in [5.41, 5.74) is 0. The lowest BCUT2D eigenvalue weighted by Crippen LogP contribution is -1.56. The van der Waals surface area contributed by atoms with Crippen molar-refractivity contribution >= 4 is 0 Å². The van der Waals surface area contributed by atoms with Crippen LogP contribution >= 0.6 is 0 Å². The summed E-state index contributed by atoms with van der Waals surface area (Å²) in [4.78, 5) is 9.34. The van der Waals surface area contributed by atoms with Gasteiger partial charge in [-0.25, -0.2) is 0 Å². The highest BCUT2D eigenvalue weighted by atomic mass is 16.2. The molecule has 7 heavy (non-hydrogen) atoms. The first-order valence-electron chi connectivity index (χ1n) is 2.39. The Kier molecular flexibility index (Phi) is 4.84. The fraction of sp³-hybridized carbons (Fsp3) is 0.600. The minimum Gasteiger partial charge on any atom is -0.145 e. The maximum Gasteiger partial charge on any atom is 0.0675 e. The monoisotopic (exact) mass is 99.1 g/mol. The van der Waals surface area contributed by atoms with Gasteiger partial charge in [0.25, 0.3) is 0 Å². The van der Waals surface area contributed by atoms with E-state index in [9.17, 15) is 4.91 Å². The molecule has 0 amide bonds. The van der Waals surface area contributed by atoms with Crippen molar-refractivity contribution in [1.82, 2.24) is 0 Å². The minimum absolute atomic E-state index is 0.950. The smallest absolute Gasteiger partial charge is 0.0675 e. The average molecular weight is 99.1 g/mol. The second kappa shape index (κ2) is 5.34. The Bertz CT molecular complexity index is 68.5. The highest BCUT2D eigenvalue weighted by molar-refractivity contribution is 4.77. The van der Waals surface area contributed by atoms with Crippen molar-refractivity contribution in [3.8, 4) is 0 Å². The van der Waals surface area contributed by atoms with E-state index in [1.54, 1.807) is 6.08 Å². The summed E-state index contributed by atoms with van der Waals surface area (Å²) in [7, 11) is 0. The van der Waals surface area contributed by atoms with E-state index in [2.05, 4.69) is 12.1 Å². The van der Waals surface area contributed by atoms with E-state index in [1.807, 2.05) is 0 Å². The lowest BCUT2D eigenvalue weighted by atomic mass is 10.3. The molecule has 0 aliphatic heterocycles.